The third-order valence-electron chi connectivity index (χ3n) is 5.01. The van der Waals surface area contributed by atoms with Crippen molar-refractivity contribution in [3.63, 3.8) is 0 Å². The van der Waals surface area contributed by atoms with Gasteiger partial charge in [-0.2, -0.15) is 0 Å². The van der Waals surface area contributed by atoms with Gasteiger partial charge < -0.3 is 25.3 Å². The van der Waals surface area contributed by atoms with Gasteiger partial charge in [0, 0.05) is 44.8 Å². The van der Waals surface area contributed by atoms with E-state index in [9.17, 15) is 4.79 Å². The SMILES string of the molecule is COc1ccc(CCNC(=NCC(=O)N(C)C)NCCc2cc3ccccc3[nH]2)cc1. The Hall–Kier alpha value is -3.48. The Kier molecular flexibility index (Phi) is 7.92. The van der Waals surface area contributed by atoms with E-state index < -0.39 is 0 Å². The Morgan fingerprint density at radius 1 is 1.03 bits per heavy atom. The summed E-state index contributed by atoms with van der Waals surface area (Å²) in [4.78, 5) is 21.4. The van der Waals surface area contributed by atoms with Gasteiger partial charge in [0.05, 0.1) is 7.11 Å². The highest BCUT2D eigenvalue weighted by Crippen LogP contribution is 2.14. The maximum atomic E-state index is 11.9. The molecule has 0 aliphatic heterocycles. The smallest absolute Gasteiger partial charge is 0.243 e. The molecule has 3 aromatic rings. The number of carbonyl (C=O) groups is 1. The van der Waals surface area contributed by atoms with Crippen molar-refractivity contribution in [3.05, 3.63) is 65.9 Å². The number of aromatic nitrogens is 1. The van der Waals surface area contributed by atoms with Crippen LogP contribution in [0.1, 0.15) is 11.3 Å². The van der Waals surface area contributed by atoms with Crippen LogP contribution < -0.4 is 15.4 Å². The summed E-state index contributed by atoms with van der Waals surface area (Å²) in [6.07, 6.45) is 1.67. The summed E-state index contributed by atoms with van der Waals surface area (Å²) in [5.74, 6) is 1.45. The van der Waals surface area contributed by atoms with Crippen LogP contribution in [-0.2, 0) is 17.6 Å². The Balaban J connectivity index is 1.54. The minimum absolute atomic E-state index is 0.0353. The second-order valence-corrected chi connectivity index (χ2v) is 7.54. The van der Waals surface area contributed by atoms with E-state index in [2.05, 4.69) is 50.9 Å². The van der Waals surface area contributed by atoms with Crippen LogP contribution in [0.15, 0.2) is 59.6 Å². The first-order valence-electron chi connectivity index (χ1n) is 10.5. The van der Waals surface area contributed by atoms with Crippen molar-refractivity contribution >= 4 is 22.8 Å². The van der Waals surface area contributed by atoms with Crippen molar-refractivity contribution < 1.29 is 9.53 Å². The van der Waals surface area contributed by atoms with E-state index in [-0.39, 0.29) is 12.5 Å². The molecule has 0 fully saturated rings. The first-order chi connectivity index (χ1) is 15.0. The number of likely N-dealkylation sites (N-methyl/N-ethyl adjacent to an activating group) is 1. The number of rotatable bonds is 9. The van der Waals surface area contributed by atoms with Gasteiger partial charge in [-0.05, 0) is 41.6 Å². The second-order valence-electron chi connectivity index (χ2n) is 7.54. The van der Waals surface area contributed by atoms with Gasteiger partial charge in [-0.15, -0.1) is 0 Å². The van der Waals surface area contributed by atoms with E-state index >= 15 is 0 Å². The van der Waals surface area contributed by atoms with Crippen LogP contribution in [0, 0.1) is 0 Å². The number of amides is 1. The third-order valence-corrected chi connectivity index (χ3v) is 5.01. The van der Waals surface area contributed by atoms with E-state index in [0.717, 1.165) is 29.8 Å². The summed E-state index contributed by atoms with van der Waals surface area (Å²) in [5, 5.41) is 7.88. The molecule has 3 N–H and O–H groups in total. The fourth-order valence-electron chi connectivity index (χ4n) is 3.16. The van der Waals surface area contributed by atoms with Crippen LogP contribution in [0.5, 0.6) is 5.75 Å². The number of fused-ring (bicyclic) bond motifs is 1. The molecule has 0 unspecified atom stereocenters. The first kappa shape index (κ1) is 22.2. The molecule has 0 spiro atoms. The van der Waals surface area contributed by atoms with Gasteiger partial charge in [0.15, 0.2) is 5.96 Å². The van der Waals surface area contributed by atoms with Gasteiger partial charge in [-0.25, -0.2) is 4.99 Å². The van der Waals surface area contributed by atoms with Crippen LogP contribution in [0.3, 0.4) is 0 Å². The lowest BCUT2D eigenvalue weighted by atomic mass is 10.1. The molecular weight excluding hydrogens is 390 g/mol. The van der Waals surface area contributed by atoms with Crippen LogP contribution in [0.2, 0.25) is 0 Å². The minimum Gasteiger partial charge on any atom is -0.497 e. The van der Waals surface area contributed by atoms with Crippen molar-refractivity contribution in [2.75, 3.05) is 40.8 Å². The monoisotopic (exact) mass is 421 g/mol. The fourth-order valence-corrected chi connectivity index (χ4v) is 3.16. The summed E-state index contributed by atoms with van der Waals surface area (Å²) in [6, 6.07) is 18.4. The Labute approximate surface area is 183 Å². The number of ether oxygens (including phenoxy) is 1. The van der Waals surface area contributed by atoms with Gasteiger partial charge >= 0.3 is 0 Å². The summed E-state index contributed by atoms with van der Waals surface area (Å²) in [6.45, 7) is 1.52. The molecule has 0 bridgehead atoms. The number of methoxy groups -OCH3 is 1. The lowest BCUT2D eigenvalue weighted by molar-refractivity contribution is -0.127. The molecule has 0 saturated carbocycles. The molecule has 7 heteroatoms. The summed E-state index contributed by atoms with van der Waals surface area (Å²) in [5.41, 5.74) is 3.51. The zero-order valence-corrected chi connectivity index (χ0v) is 18.4. The van der Waals surface area contributed by atoms with Crippen molar-refractivity contribution in [1.29, 1.82) is 0 Å². The number of aliphatic imine (C=N–C) groups is 1. The normalized spacial score (nSPS) is 11.4. The van der Waals surface area contributed by atoms with E-state index in [1.807, 2.05) is 24.3 Å². The van der Waals surface area contributed by atoms with E-state index in [0.29, 0.717) is 19.0 Å². The number of aromatic amines is 1. The van der Waals surface area contributed by atoms with Crippen molar-refractivity contribution in [3.8, 4) is 5.75 Å². The highest BCUT2D eigenvalue weighted by molar-refractivity contribution is 5.85. The number of nitrogens with zero attached hydrogens (tertiary/aromatic N) is 2. The number of hydrogen-bond donors (Lipinski definition) is 3. The van der Waals surface area contributed by atoms with Gasteiger partial charge in [0.2, 0.25) is 5.91 Å². The van der Waals surface area contributed by atoms with Gasteiger partial charge in [-0.1, -0.05) is 30.3 Å². The van der Waals surface area contributed by atoms with Crippen molar-refractivity contribution in [1.82, 2.24) is 20.5 Å². The van der Waals surface area contributed by atoms with Gasteiger partial charge in [0.1, 0.15) is 12.3 Å². The highest BCUT2D eigenvalue weighted by Gasteiger charge is 2.06. The summed E-state index contributed by atoms with van der Waals surface area (Å²) in [7, 11) is 5.13. The zero-order valence-electron chi connectivity index (χ0n) is 18.4. The first-order valence-corrected chi connectivity index (χ1v) is 10.5. The standard InChI is InChI=1S/C24H31N5O2/c1-29(2)23(30)17-27-24(25-14-12-18-8-10-21(31-3)11-9-18)26-15-13-20-16-19-6-4-5-7-22(19)28-20/h4-11,16,28H,12-15,17H2,1-3H3,(H2,25,26,27). The molecule has 0 atom stereocenters. The summed E-state index contributed by atoms with van der Waals surface area (Å²) >= 11 is 0. The van der Waals surface area contributed by atoms with Crippen LogP contribution >= 0.6 is 0 Å². The Morgan fingerprint density at radius 2 is 1.74 bits per heavy atom. The van der Waals surface area contributed by atoms with E-state index in [1.165, 1.54) is 10.9 Å². The lowest BCUT2D eigenvalue weighted by Gasteiger charge is -2.14. The lowest BCUT2D eigenvalue weighted by Crippen LogP contribution is -2.40. The molecule has 1 aromatic heterocycles. The second kappa shape index (κ2) is 11.1. The molecule has 0 saturated heterocycles. The number of H-pyrrole nitrogens is 1. The molecule has 31 heavy (non-hydrogen) atoms. The number of hydrogen-bond acceptors (Lipinski definition) is 3. The van der Waals surface area contributed by atoms with E-state index in [1.54, 1.807) is 26.1 Å². The number of carbonyl (C=O) groups excluding carboxylic acids is 1. The third kappa shape index (κ3) is 6.77. The Bertz CT molecular complexity index is 975. The van der Waals surface area contributed by atoms with Crippen LogP contribution in [-0.4, -0.2) is 62.6 Å². The average molecular weight is 422 g/mol. The van der Waals surface area contributed by atoms with Crippen LogP contribution in [0.25, 0.3) is 10.9 Å². The molecule has 2 aromatic carbocycles. The Morgan fingerprint density at radius 3 is 2.42 bits per heavy atom. The number of para-hydroxylation sites is 1. The van der Waals surface area contributed by atoms with Gasteiger partial charge in [-0.3, -0.25) is 4.79 Å². The molecule has 164 valence electrons. The van der Waals surface area contributed by atoms with Crippen LogP contribution in [0.4, 0.5) is 0 Å². The molecule has 0 aliphatic rings. The average Bonchev–Trinajstić information content (AvgIpc) is 3.20. The molecular formula is C24H31N5O2. The van der Waals surface area contributed by atoms with E-state index in [4.69, 9.17) is 4.74 Å². The maximum Gasteiger partial charge on any atom is 0.243 e. The number of benzene rings is 2. The number of guanidine groups is 1. The molecule has 7 nitrogen and oxygen atoms in total. The maximum absolute atomic E-state index is 11.9. The van der Waals surface area contributed by atoms with Gasteiger partial charge in [0.25, 0.3) is 0 Å². The predicted molar refractivity (Wildman–Crippen MR) is 126 cm³/mol. The molecule has 1 heterocycles. The molecule has 0 aliphatic carbocycles. The zero-order chi connectivity index (χ0) is 22.1. The topological polar surface area (TPSA) is 81.8 Å². The summed E-state index contributed by atoms with van der Waals surface area (Å²) < 4.78 is 5.20. The number of nitrogens with one attached hydrogen (secondary N) is 3. The van der Waals surface area contributed by atoms with Crippen molar-refractivity contribution in [2.45, 2.75) is 12.8 Å². The fraction of sp³-hybridized carbons (Fsp3) is 0.333. The highest BCUT2D eigenvalue weighted by atomic mass is 16.5. The molecule has 0 radical (unpaired) electrons. The van der Waals surface area contributed by atoms with Crippen molar-refractivity contribution in [2.24, 2.45) is 4.99 Å². The predicted octanol–water partition coefficient (Wildman–Crippen LogP) is 2.59. The quantitative estimate of drug-likeness (QED) is 0.366. The minimum atomic E-state index is -0.0353. The largest absolute Gasteiger partial charge is 0.497 e. The molecule has 3 rings (SSSR count). The molecule has 1 amide bonds.